The minimum Gasteiger partial charge on any atom is -0.497 e. The average molecular weight is 551 g/mol. The molecule has 0 amide bonds. The summed E-state index contributed by atoms with van der Waals surface area (Å²) in [7, 11) is 1.67. The molecule has 5 rings (SSSR count). The summed E-state index contributed by atoms with van der Waals surface area (Å²) in [5, 5.41) is 11.4. The van der Waals surface area contributed by atoms with Gasteiger partial charge >= 0.3 is 5.97 Å². The van der Waals surface area contributed by atoms with Crippen molar-refractivity contribution in [3.63, 3.8) is 0 Å². The smallest absolute Gasteiger partial charge is 0.314 e. The quantitative estimate of drug-likeness (QED) is 0.125. The van der Waals surface area contributed by atoms with Crippen LogP contribution < -0.4 is 4.74 Å². The zero-order valence-electron chi connectivity index (χ0n) is 23.4. The molecule has 0 aromatic heterocycles. The Labute approximate surface area is 240 Å². The zero-order valence-corrected chi connectivity index (χ0v) is 23.4. The van der Waals surface area contributed by atoms with E-state index in [1.807, 2.05) is 49.4 Å². The molecule has 0 N–H and O–H groups in total. The SMILES string of the molecule is CCOC(=O)C(c1ccccc1)C(c1ccc([N+](=O)[O-])cc1)c1cccc2c1CCN(Cc1ccc(OC)cc1)C2. The summed E-state index contributed by atoms with van der Waals surface area (Å²) in [5.41, 5.74) is 6.44. The topological polar surface area (TPSA) is 81.9 Å². The third kappa shape index (κ3) is 6.31. The molecule has 7 nitrogen and oxygen atoms in total. The molecular formula is C34H34N2O5. The molecule has 0 radical (unpaired) electrons. The van der Waals surface area contributed by atoms with Gasteiger partial charge in [0.05, 0.1) is 24.6 Å². The molecule has 0 aliphatic carbocycles. The van der Waals surface area contributed by atoms with Gasteiger partial charge in [-0.25, -0.2) is 0 Å². The van der Waals surface area contributed by atoms with Gasteiger partial charge in [-0.05, 0) is 58.9 Å². The van der Waals surface area contributed by atoms with Gasteiger partial charge in [0.1, 0.15) is 5.75 Å². The molecular weight excluding hydrogens is 516 g/mol. The number of nitro groups is 1. The van der Waals surface area contributed by atoms with E-state index in [0.717, 1.165) is 48.5 Å². The molecule has 1 heterocycles. The van der Waals surface area contributed by atoms with Gasteiger partial charge in [-0.15, -0.1) is 0 Å². The molecule has 41 heavy (non-hydrogen) atoms. The first-order valence-corrected chi connectivity index (χ1v) is 13.9. The van der Waals surface area contributed by atoms with E-state index in [4.69, 9.17) is 9.47 Å². The van der Waals surface area contributed by atoms with Crippen LogP contribution in [0.2, 0.25) is 0 Å². The number of non-ortho nitro benzene ring substituents is 1. The van der Waals surface area contributed by atoms with Gasteiger partial charge < -0.3 is 9.47 Å². The Kier molecular flexibility index (Phi) is 8.75. The van der Waals surface area contributed by atoms with Gasteiger partial charge in [0, 0.05) is 37.7 Å². The van der Waals surface area contributed by atoms with Crippen LogP contribution in [0.1, 0.15) is 52.1 Å². The summed E-state index contributed by atoms with van der Waals surface area (Å²) in [6.45, 7) is 4.57. The minimum atomic E-state index is -0.610. The maximum atomic E-state index is 13.6. The van der Waals surface area contributed by atoms with Crippen LogP contribution in [0.3, 0.4) is 0 Å². The third-order valence-corrected chi connectivity index (χ3v) is 7.78. The first-order valence-electron chi connectivity index (χ1n) is 13.9. The zero-order chi connectivity index (χ0) is 28.8. The van der Waals surface area contributed by atoms with Crippen LogP contribution in [0, 0.1) is 10.1 Å². The second kappa shape index (κ2) is 12.8. The Morgan fingerprint density at radius 3 is 2.32 bits per heavy atom. The Hall–Kier alpha value is -4.49. The van der Waals surface area contributed by atoms with Crippen LogP contribution in [0.25, 0.3) is 0 Å². The Morgan fingerprint density at radius 1 is 0.927 bits per heavy atom. The number of ether oxygens (including phenoxy) is 2. The molecule has 0 saturated heterocycles. The number of fused-ring (bicyclic) bond motifs is 1. The number of hydrogen-bond donors (Lipinski definition) is 0. The number of hydrogen-bond acceptors (Lipinski definition) is 6. The van der Waals surface area contributed by atoms with Crippen LogP contribution >= 0.6 is 0 Å². The highest BCUT2D eigenvalue weighted by atomic mass is 16.6. The van der Waals surface area contributed by atoms with Gasteiger partial charge in [0.25, 0.3) is 5.69 Å². The lowest BCUT2D eigenvalue weighted by molar-refractivity contribution is -0.384. The van der Waals surface area contributed by atoms with Gasteiger partial charge in [0.2, 0.25) is 0 Å². The van der Waals surface area contributed by atoms with Crippen molar-refractivity contribution >= 4 is 11.7 Å². The predicted octanol–water partition coefficient (Wildman–Crippen LogP) is 6.64. The van der Waals surface area contributed by atoms with Gasteiger partial charge in [-0.1, -0.05) is 72.8 Å². The maximum absolute atomic E-state index is 13.6. The Bertz CT molecular complexity index is 1490. The van der Waals surface area contributed by atoms with Crippen LogP contribution in [-0.4, -0.2) is 36.1 Å². The number of carbonyl (C=O) groups excluding carboxylic acids is 1. The molecule has 4 aromatic carbocycles. The molecule has 4 aromatic rings. The summed E-state index contributed by atoms with van der Waals surface area (Å²) < 4.78 is 10.9. The van der Waals surface area contributed by atoms with Crippen molar-refractivity contribution in [2.75, 3.05) is 20.3 Å². The number of methoxy groups -OCH3 is 1. The molecule has 2 atom stereocenters. The van der Waals surface area contributed by atoms with Crippen molar-refractivity contribution in [3.05, 3.63) is 141 Å². The first kappa shape index (κ1) is 28.1. The molecule has 1 aliphatic heterocycles. The van der Waals surface area contributed by atoms with Crippen molar-refractivity contribution in [1.29, 1.82) is 0 Å². The normalized spacial score (nSPS) is 14.5. The van der Waals surface area contributed by atoms with Crippen LogP contribution in [0.4, 0.5) is 5.69 Å². The maximum Gasteiger partial charge on any atom is 0.314 e. The van der Waals surface area contributed by atoms with E-state index in [9.17, 15) is 14.9 Å². The lowest BCUT2D eigenvalue weighted by Crippen LogP contribution is -2.32. The van der Waals surface area contributed by atoms with Gasteiger partial charge in [0.15, 0.2) is 0 Å². The lowest BCUT2D eigenvalue weighted by Gasteiger charge is -2.34. The van der Waals surface area contributed by atoms with Crippen molar-refractivity contribution in [2.24, 2.45) is 0 Å². The van der Waals surface area contributed by atoms with E-state index in [0.29, 0.717) is 0 Å². The number of benzene rings is 4. The van der Waals surface area contributed by atoms with Crippen molar-refractivity contribution in [3.8, 4) is 5.75 Å². The molecule has 0 saturated carbocycles. The molecule has 2 unspecified atom stereocenters. The second-order valence-electron chi connectivity index (χ2n) is 10.3. The standard InChI is InChI=1S/C34H34N2O5/c1-3-41-34(37)33(25-8-5-4-6-9-25)32(26-14-16-28(17-15-26)36(38)39)31-11-7-10-27-23-35(21-20-30(27)31)22-24-12-18-29(40-2)19-13-24/h4-19,32-33H,3,20-23H2,1-2H3. The Balaban J connectivity index is 1.55. The monoisotopic (exact) mass is 550 g/mol. The molecule has 0 fully saturated rings. The third-order valence-electron chi connectivity index (χ3n) is 7.78. The van der Waals surface area contributed by atoms with Crippen LogP contribution in [-0.2, 0) is 29.0 Å². The highest BCUT2D eigenvalue weighted by Gasteiger charge is 2.36. The van der Waals surface area contributed by atoms with E-state index < -0.39 is 10.8 Å². The largest absolute Gasteiger partial charge is 0.497 e. The summed E-state index contributed by atoms with van der Waals surface area (Å²) in [5.74, 6) is -0.451. The number of rotatable bonds is 10. The number of carbonyl (C=O) groups is 1. The summed E-state index contributed by atoms with van der Waals surface area (Å²) >= 11 is 0. The van der Waals surface area contributed by atoms with E-state index in [-0.39, 0.29) is 24.2 Å². The highest BCUT2D eigenvalue weighted by molar-refractivity contribution is 5.81. The van der Waals surface area contributed by atoms with Crippen LogP contribution in [0.15, 0.2) is 97.1 Å². The van der Waals surface area contributed by atoms with E-state index >= 15 is 0 Å². The van der Waals surface area contributed by atoms with E-state index in [1.165, 1.54) is 28.8 Å². The fourth-order valence-electron chi connectivity index (χ4n) is 5.82. The van der Waals surface area contributed by atoms with Crippen molar-refractivity contribution < 1.29 is 19.2 Å². The fourth-order valence-corrected chi connectivity index (χ4v) is 5.82. The van der Waals surface area contributed by atoms with Crippen molar-refractivity contribution in [1.82, 2.24) is 4.90 Å². The fraction of sp³-hybridized carbons (Fsp3) is 0.265. The predicted molar refractivity (Wildman–Crippen MR) is 158 cm³/mol. The molecule has 1 aliphatic rings. The number of esters is 1. The van der Waals surface area contributed by atoms with E-state index in [2.05, 4.69) is 35.2 Å². The lowest BCUT2D eigenvalue weighted by atomic mass is 9.74. The van der Waals surface area contributed by atoms with Crippen molar-refractivity contribution in [2.45, 2.75) is 38.3 Å². The van der Waals surface area contributed by atoms with Gasteiger partial charge in [-0.3, -0.25) is 19.8 Å². The molecule has 7 heteroatoms. The number of nitro benzene ring substituents is 1. The summed E-state index contributed by atoms with van der Waals surface area (Å²) in [6.07, 6.45) is 0.829. The second-order valence-corrected chi connectivity index (χ2v) is 10.3. The summed E-state index contributed by atoms with van der Waals surface area (Å²) in [6, 6.07) is 30.7. The molecule has 0 bridgehead atoms. The Morgan fingerprint density at radius 2 is 1.66 bits per heavy atom. The first-order chi connectivity index (χ1) is 20.0. The molecule has 210 valence electrons. The number of nitrogens with zero attached hydrogens (tertiary/aromatic N) is 2. The minimum absolute atomic E-state index is 0.0177. The highest BCUT2D eigenvalue weighted by Crippen LogP contribution is 2.43. The van der Waals surface area contributed by atoms with Gasteiger partial charge in [-0.2, -0.15) is 0 Å². The van der Waals surface area contributed by atoms with E-state index in [1.54, 1.807) is 19.2 Å². The molecule has 0 spiro atoms. The van der Waals surface area contributed by atoms with Crippen LogP contribution in [0.5, 0.6) is 5.75 Å². The average Bonchev–Trinajstić information content (AvgIpc) is 3.00. The summed E-state index contributed by atoms with van der Waals surface area (Å²) in [4.78, 5) is 27.1.